The highest BCUT2D eigenvalue weighted by Gasteiger charge is 2.48. The van der Waals surface area contributed by atoms with E-state index in [-0.39, 0.29) is 18.0 Å². The maximum atomic E-state index is 13.1. The van der Waals surface area contributed by atoms with Crippen LogP contribution >= 0.6 is 11.6 Å². The van der Waals surface area contributed by atoms with Gasteiger partial charge in [-0.15, -0.1) is 0 Å². The number of carbonyl (C=O) groups excluding carboxylic acids is 4. The van der Waals surface area contributed by atoms with Crippen molar-refractivity contribution < 1.29 is 28.7 Å². The predicted molar refractivity (Wildman–Crippen MR) is 131 cm³/mol. The van der Waals surface area contributed by atoms with E-state index in [9.17, 15) is 19.2 Å². The molecule has 1 aliphatic carbocycles. The molecule has 0 spiro atoms. The van der Waals surface area contributed by atoms with Gasteiger partial charge in [0.05, 0.1) is 5.92 Å². The van der Waals surface area contributed by atoms with Gasteiger partial charge < -0.3 is 14.3 Å². The number of benzene rings is 2. The van der Waals surface area contributed by atoms with Crippen molar-refractivity contribution in [1.29, 1.82) is 0 Å². The van der Waals surface area contributed by atoms with Crippen molar-refractivity contribution >= 4 is 35.2 Å². The lowest BCUT2D eigenvalue weighted by Gasteiger charge is -2.43. The molecule has 0 aliphatic heterocycles. The van der Waals surface area contributed by atoms with Gasteiger partial charge in [0, 0.05) is 30.5 Å². The molecule has 8 heteroatoms. The SMILES string of the molecule is CC(=O)C[C@@H](Cc1ccccc1)C(=O)OCOC(=O)N(C)[C@]1(c2ccccc2Cl)CCCCC1=O. The summed E-state index contributed by atoms with van der Waals surface area (Å²) in [7, 11) is 1.49. The molecule has 0 unspecified atom stereocenters. The molecular formula is C27H30ClNO6. The van der Waals surface area contributed by atoms with E-state index in [1.165, 1.54) is 18.9 Å². The van der Waals surface area contributed by atoms with Crippen LogP contribution in [-0.4, -0.2) is 42.4 Å². The molecule has 2 aromatic rings. The summed E-state index contributed by atoms with van der Waals surface area (Å²) in [5, 5.41) is 0.391. The van der Waals surface area contributed by atoms with Crippen molar-refractivity contribution in [3.05, 3.63) is 70.7 Å². The number of Topliss-reactive ketones (excluding diaryl/α,β-unsaturated/α-hetero) is 2. The number of carbonyl (C=O) groups is 4. The summed E-state index contributed by atoms with van der Waals surface area (Å²) in [6.07, 6.45) is 1.77. The lowest BCUT2D eigenvalue weighted by atomic mass is 9.74. The second-order valence-electron chi connectivity index (χ2n) is 8.81. The number of ether oxygens (including phenoxy) is 2. The van der Waals surface area contributed by atoms with Gasteiger partial charge in [-0.2, -0.15) is 0 Å². The molecule has 0 heterocycles. The summed E-state index contributed by atoms with van der Waals surface area (Å²) in [5.41, 5.74) is 0.194. The topological polar surface area (TPSA) is 90.0 Å². The first kappa shape index (κ1) is 26.4. The summed E-state index contributed by atoms with van der Waals surface area (Å²) < 4.78 is 10.4. The van der Waals surface area contributed by atoms with E-state index in [2.05, 4.69) is 0 Å². The number of esters is 1. The van der Waals surface area contributed by atoms with Gasteiger partial charge in [-0.25, -0.2) is 4.79 Å². The van der Waals surface area contributed by atoms with Gasteiger partial charge in [0.25, 0.3) is 0 Å². The summed E-state index contributed by atoms with van der Waals surface area (Å²) in [5.74, 6) is -1.58. The maximum absolute atomic E-state index is 13.1. The van der Waals surface area contributed by atoms with Crippen molar-refractivity contribution in [2.24, 2.45) is 5.92 Å². The summed E-state index contributed by atoms with van der Waals surface area (Å²) in [4.78, 5) is 51.7. The van der Waals surface area contributed by atoms with Crippen molar-refractivity contribution in [3.8, 4) is 0 Å². The molecule has 0 aromatic heterocycles. The quantitative estimate of drug-likeness (QED) is 0.353. The second kappa shape index (κ2) is 12.0. The van der Waals surface area contributed by atoms with Crippen LogP contribution in [0.3, 0.4) is 0 Å². The van der Waals surface area contributed by atoms with E-state index in [1.807, 2.05) is 30.3 Å². The Morgan fingerprint density at radius 2 is 1.71 bits per heavy atom. The van der Waals surface area contributed by atoms with Gasteiger partial charge in [0.2, 0.25) is 6.79 Å². The smallest absolute Gasteiger partial charge is 0.413 e. The number of ketones is 2. The van der Waals surface area contributed by atoms with Crippen molar-refractivity contribution in [2.75, 3.05) is 13.8 Å². The van der Waals surface area contributed by atoms with E-state index >= 15 is 0 Å². The van der Waals surface area contributed by atoms with E-state index in [1.54, 1.807) is 24.3 Å². The van der Waals surface area contributed by atoms with Gasteiger partial charge in [0.15, 0.2) is 5.78 Å². The maximum Gasteiger partial charge on any atom is 0.413 e. The summed E-state index contributed by atoms with van der Waals surface area (Å²) >= 11 is 6.42. The number of hydrogen-bond acceptors (Lipinski definition) is 6. The molecule has 0 N–H and O–H groups in total. The third-order valence-corrected chi connectivity index (χ3v) is 6.72. The molecule has 186 valence electrons. The highest BCUT2D eigenvalue weighted by molar-refractivity contribution is 6.31. The van der Waals surface area contributed by atoms with E-state index in [0.29, 0.717) is 29.8 Å². The fourth-order valence-electron chi connectivity index (χ4n) is 4.62. The normalized spacial score (nSPS) is 18.4. The fraction of sp³-hybridized carbons (Fsp3) is 0.407. The average molecular weight is 500 g/mol. The molecule has 0 saturated heterocycles. The lowest BCUT2D eigenvalue weighted by Crippen LogP contribution is -2.54. The average Bonchev–Trinajstić information content (AvgIpc) is 2.84. The molecule has 7 nitrogen and oxygen atoms in total. The van der Waals surface area contributed by atoms with Crippen LogP contribution < -0.4 is 0 Å². The van der Waals surface area contributed by atoms with Gasteiger partial charge in [-0.05, 0) is 44.2 Å². The first-order valence-electron chi connectivity index (χ1n) is 11.6. The number of halogens is 1. The molecule has 35 heavy (non-hydrogen) atoms. The van der Waals surface area contributed by atoms with Crippen LogP contribution in [0.2, 0.25) is 5.02 Å². The zero-order valence-electron chi connectivity index (χ0n) is 20.0. The minimum Gasteiger partial charge on any atom is -0.428 e. The van der Waals surface area contributed by atoms with E-state index < -0.39 is 30.3 Å². The zero-order valence-corrected chi connectivity index (χ0v) is 20.8. The van der Waals surface area contributed by atoms with Crippen molar-refractivity contribution in [1.82, 2.24) is 4.90 Å². The van der Waals surface area contributed by atoms with Crippen molar-refractivity contribution in [3.63, 3.8) is 0 Å². The Morgan fingerprint density at radius 3 is 2.37 bits per heavy atom. The van der Waals surface area contributed by atoms with Crippen molar-refractivity contribution in [2.45, 2.75) is 51.0 Å². The van der Waals surface area contributed by atoms with Gasteiger partial charge >= 0.3 is 12.1 Å². The Hall–Kier alpha value is -3.19. The molecule has 1 aliphatic rings. The van der Waals surface area contributed by atoms with Gasteiger partial charge in [0.1, 0.15) is 11.3 Å². The van der Waals surface area contributed by atoms with Crippen LogP contribution in [-0.2, 0) is 35.8 Å². The third kappa shape index (κ3) is 6.28. The Balaban J connectivity index is 1.68. The molecule has 3 rings (SSSR count). The molecule has 1 fully saturated rings. The van der Waals surface area contributed by atoms with Crippen LogP contribution in [0.5, 0.6) is 0 Å². The van der Waals surface area contributed by atoms with Gasteiger partial charge in [-0.1, -0.05) is 60.1 Å². The third-order valence-electron chi connectivity index (χ3n) is 6.40. The van der Waals surface area contributed by atoms with Crippen LogP contribution in [0.25, 0.3) is 0 Å². The summed E-state index contributed by atoms with van der Waals surface area (Å²) in [6, 6.07) is 16.3. The first-order chi connectivity index (χ1) is 16.8. The summed E-state index contributed by atoms with van der Waals surface area (Å²) in [6.45, 7) is 0.785. The Morgan fingerprint density at radius 1 is 1.03 bits per heavy atom. The molecule has 1 saturated carbocycles. The second-order valence-corrected chi connectivity index (χ2v) is 9.22. The molecule has 2 aromatic carbocycles. The molecular weight excluding hydrogens is 470 g/mol. The lowest BCUT2D eigenvalue weighted by molar-refractivity contribution is -0.159. The Labute approximate surface area is 210 Å². The molecule has 2 atom stereocenters. The van der Waals surface area contributed by atoms with Gasteiger partial charge in [-0.3, -0.25) is 14.5 Å². The largest absolute Gasteiger partial charge is 0.428 e. The fourth-order valence-corrected chi connectivity index (χ4v) is 4.91. The Kier molecular flexibility index (Phi) is 9.04. The van der Waals surface area contributed by atoms with Crippen LogP contribution in [0, 0.1) is 5.92 Å². The monoisotopic (exact) mass is 499 g/mol. The predicted octanol–water partition coefficient (Wildman–Crippen LogP) is 5.09. The number of likely N-dealkylation sites (N-methyl/N-ethyl adjacent to an activating group) is 1. The zero-order chi connectivity index (χ0) is 25.4. The first-order valence-corrected chi connectivity index (χ1v) is 12.0. The minimum absolute atomic E-state index is 0.0195. The number of hydrogen-bond donors (Lipinski definition) is 0. The Bertz CT molecular complexity index is 1070. The molecule has 0 radical (unpaired) electrons. The minimum atomic E-state index is -1.25. The van der Waals surface area contributed by atoms with Crippen LogP contribution in [0.15, 0.2) is 54.6 Å². The standard InChI is InChI=1S/C27H30ClNO6/c1-19(30)16-21(17-20-10-4-3-5-11-20)25(32)34-18-35-26(33)29(2)27(15-9-8-14-24(27)31)22-12-6-7-13-23(22)28/h3-7,10-13,21H,8-9,14-18H2,1-2H3/t21-,27-/m0/s1. The molecule has 1 amide bonds. The highest BCUT2D eigenvalue weighted by Crippen LogP contribution is 2.42. The number of rotatable bonds is 9. The van der Waals surface area contributed by atoms with E-state index in [0.717, 1.165) is 18.4 Å². The van der Waals surface area contributed by atoms with Crippen LogP contribution in [0.4, 0.5) is 4.79 Å². The highest BCUT2D eigenvalue weighted by atomic mass is 35.5. The van der Waals surface area contributed by atoms with Crippen LogP contribution in [0.1, 0.15) is 50.2 Å². The molecule has 0 bridgehead atoms. The van der Waals surface area contributed by atoms with E-state index in [4.69, 9.17) is 21.1 Å². The number of nitrogens with zero attached hydrogens (tertiary/aromatic N) is 1. The number of amides is 1.